The first kappa shape index (κ1) is 13.9. The first-order valence-electron chi connectivity index (χ1n) is 6.70. The third-order valence-corrected chi connectivity index (χ3v) is 3.75. The minimum absolute atomic E-state index is 0.0470. The van der Waals surface area contributed by atoms with Crippen molar-refractivity contribution in [2.24, 2.45) is 5.41 Å². The van der Waals surface area contributed by atoms with Crippen molar-refractivity contribution >= 4 is 5.91 Å². The summed E-state index contributed by atoms with van der Waals surface area (Å²) < 4.78 is 5.34. The number of amides is 1. The molecule has 1 fully saturated rings. The Hall–Kier alpha value is -1.55. The van der Waals surface area contributed by atoms with Crippen LogP contribution in [0.4, 0.5) is 0 Å². The third-order valence-electron chi connectivity index (χ3n) is 3.75. The zero-order chi connectivity index (χ0) is 13.7. The van der Waals surface area contributed by atoms with E-state index in [1.54, 1.807) is 18.2 Å². The van der Waals surface area contributed by atoms with Gasteiger partial charge in [-0.25, -0.2) is 0 Å². The predicted molar refractivity (Wildman–Crippen MR) is 73.0 cm³/mol. The van der Waals surface area contributed by atoms with E-state index in [2.05, 4.69) is 12.2 Å². The van der Waals surface area contributed by atoms with E-state index < -0.39 is 0 Å². The van der Waals surface area contributed by atoms with Crippen molar-refractivity contribution < 1.29 is 14.6 Å². The average Bonchev–Trinajstić information content (AvgIpc) is 2.40. The summed E-state index contributed by atoms with van der Waals surface area (Å²) in [5, 5.41) is 12.6. The van der Waals surface area contributed by atoms with Crippen molar-refractivity contribution in [1.82, 2.24) is 5.32 Å². The standard InChI is InChI=1S/C15H21NO3/c1-15(6-8-19-9-7-15)11-16-14(18)10-12-4-2-3-5-13(12)17/h2-5,17H,6-11H2,1H3,(H,16,18). The van der Waals surface area contributed by atoms with Crippen LogP contribution in [0.3, 0.4) is 0 Å². The number of rotatable bonds is 4. The van der Waals surface area contributed by atoms with E-state index >= 15 is 0 Å². The summed E-state index contributed by atoms with van der Waals surface area (Å²) >= 11 is 0. The van der Waals surface area contributed by atoms with Gasteiger partial charge in [-0.15, -0.1) is 0 Å². The first-order chi connectivity index (χ1) is 9.09. The van der Waals surface area contributed by atoms with Gasteiger partial charge >= 0.3 is 0 Å². The first-order valence-corrected chi connectivity index (χ1v) is 6.70. The Kier molecular flexibility index (Phi) is 4.43. The normalized spacial score (nSPS) is 17.9. The summed E-state index contributed by atoms with van der Waals surface area (Å²) in [6.45, 7) is 4.39. The molecule has 0 unspecified atom stereocenters. The van der Waals surface area contributed by atoms with Crippen LogP contribution >= 0.6 is 0 Å². The van der Waals surface area contributed by atoms with Crippen LogP contribution in [-0.2, 0) is 16.0 Å². The van der Waals surface area contributed by atoms with E-state index in [4.69, 9.17) is 4.74 Å². The molecule has 2 rings (SSSR count). The van der Waals surface area contributed by atoms with Gasteiger partial charge in [0.25, 0.3) is 0 Å². The van der Waals surface area contributed by atoms with E-state index in [1.165, 1.54) is 0 Å². The largest absolute Gasteiger partial charge is 0.508 e. The van der Waals surface area contributed by atoms with Gasteiger partial charge in [0, 0.05) is 25.3 Å². The smallest absolute Gasteiger partial charge is 0.224 e. The van der Waals surface area contributed by atoms with Crippen LogP contribution in [0.1, 0.15) is 25.3 Å². The Bertz CT molecular complexity index is 439. The molecule has 1 aromatic rings. The van der Waals surface area contributed by atoms with Crippen molar-refractivity contribution in [3.8, 4) is 5.75 Å². The molecule has 19 heavy (non-hydrogen) atoms. The topological polar surface area (TPSA) is 58.6 Å². The molecule has 1 saturated heterocycles. The molecule has 0 aromatic heterocycles. The summed E-state index contributed by atoms with van der Waals surface area (Å²) in [6.07, 6.45) is 2.17. The van der Waals surface area contributed by atoms with Crippen LogP contribution < -0.4 is 5.32 Å². The second-order valence-electron chi connectivity index (χ2n) is 5.51. The number of hydrogen-bond donors (Lipinski definition) is 2. The summed E-state index contributed by atoms with van der Waals surface area (Å²) in [6, 6.07) is 6.94. The summed E-state index contributed by atoms with van der Waals surface area (Å²) in [7, 11) is 0. The summed E-state index contributed by atoms with van der Waals surface area (Å²) in [4.78, 5) is 11.9. The number of carbonyl (C=O) groups excluding carboxylic acids is 1. The molecule has 2 N–H and O–H groups in total. The van der Waals surface area contributed by atoms with Crippen LogP contribution in [0.2, 0.25) is 0 Å². The zero-order valence-corrected chi connectivity index (χ0v) is 11.3. The molecular formula is C15H21NO3. The lowest BCUT2D eigenvalue weighted by molar-refractivity contribution is -0.121. The van der Waals surface area contributed by atoms with Gasteiger partial charge in [-0.3, -0.25) is 4.79 Å². The zero-order valence-electron chi connectivity index (χ0n) is 11.3. The van der Waals surface area contributed by atoms with Crippen LogP contribution in [0.15, 0.2) is 24.3 Å². The Morgan fingerprint density at radius 2 is 2.05 bits per heavy atom. The van der Waals surface area contributed by atoms with Crippen molar-refractivity contribution in [2.45, 2.75) is 26.2 Å². The maximum Gasteiger partial charge on any atom is 0.224 e. The maximum absolute atomic E-state index is 11.9. The molecule has 0 aliphatic carbocycles. The average molecular weight is 263 g/mol. The van der Waals surface area contributed by atoms with Crippen LogP contribution in [0, 0.1) is 5.41 Å². The van der Waals surface area contributed by atoms with E-state index in [0.29, 0.717) is 12.1 Å². The van der Waals surface area contributed by atoms with Crippen molar-refractivity contribution in [1.29, 1.82) is 0 Å². The van der Waals surface area contributed by atoms with Crippen LogP contribution in [0.5, 0.6) is 5.75 Å². The fourth-order valence-electron chi connectivity index (χ4n) is 2.25. The molecule has 1 aliphatic rings. The minimum atomic E-state index is -0.0470. The lowest BCUT2D eigenvalue weighted by Gasteiger charge is -2.33. The van der Waals surface area contributed by atoms with Gasteiger partial charge in [0.05, 0.1) is 6.42 Å². The molecule has 0 radical (unpaired) electrons. The molecule has 104 valence electrons. The summed E-state index contributed by atoms with van der Waals surface area (Å²) in [5.41, 5.74) is 0.796. The number of phenols is 1. The van der Waals surface area contributed by atoms with Crippen LogP contribution in [-0.4, -0.2) is 30.8 Å². The second kappa shape index (κ2) is 6.06. The van der Waals surface area contributed by atoms with Gasteiger partial charge in [-0.05, 0) is 24.3 Å². The van der Waals surface area contributed by atoms with Gasteiger partial charge in [-0.1, -0.05) is 25.1 Å². The fourth-order valence-corrected chi connectivity index (χ4v) is 2.25. The van der Waals surface area contributed by atoms with E-state index in [1.807, 2.05) is 6.07 Å². The van der Waals surface area contributed by atoms with Gasteiger partial charge in [0.2, 0.25) is 5.91 Å². The number of carbonyl (C=O) groups is 1. The Morgan fingerprint density at radius 3 is 2.74 bits per heavy atom. The highest BCUT2D eigenvalue weighted by Gasteiger charge is 2.27. The predicted octanol–water partition coefficient (Wildman–Crippen LogP) is 1.87. The highest BCUT2D eigenvalue weighted by atomic mass is 16.5. The van der Waals surface area contributed by atoms with E-state index in [9.17, 15) is 9.90 Å². The SMILES string of the molecule is CC1(CNC(=O)Cc2ccccc2O)CCOCC1. The number of nitrogens with one attached hydrogen (secondary N) is 1. The maximum atomic E-state index is 11.9. The summed E-state index contributed by atoms with van der Waals surface area (Å²) in [5.74, 6) is 0.129. The highest BCUT2D eigenvalue weighted by Crippen LogP contribution is 2.28. The Labute approximate surface area is 113 Å². The molecule has 0 atom stereocenters. The number of para-hydroxylation sites is 1. The van der Waals surface area contributed by atoms with Crippen molar-refractivity contribution in [2.75, 3.05) is 19.8 Å². The number of phenolic OH excluding ortho intramolecular Hbond substituents is 1. The molecule has 4 heteroatoms. The van der Waals surface area contributed by atoms with Gasteiger partial charge < -0.3 is 15.2 Å². The molecular weight excluding hydrogens is 242 g/mol. The van der Waals surface area contributed by atoms with Crippen LogP contribution in [0.25, 0.3) is 0 Å². The number of benzene rings is 1. The molecule has 0 saturated carbocycles. The molecule has 0 bridgehead atoms. The molecule has 1 aliphatic heterocycles. The van der Waals surface area contributed by atoms with Gasteiger partial charge in [-0.2, -0.15) is 0 Å². The van der Waals surface area contributed by atoms with Gasteiger partial charge in [0.15, 0.2) is 0 Å². The van der Waals surface area contributed by atoms with E-state index in [0.717, 1.165) is 26.1 Å². The molecule has 1 amide bonds. The molecule has 0 spiro atoms. The Morgan fingerprint density at radius 1 is 1.37 bits per heavy atom. The lowest BCUT2D eigenvalue weighted by Crippen LogP contribution is -2.39. The van der Waals surface area contributed by atoms with Crippen molar-refractivity contribution in [3.05, 3.63) is 29.8 Å². The third kappa shape index (κ3) is 3.96. The molecule has 1 heterocycles. The number of hydrogen-bond acceptors (Lipinski definition) is 3. The van der Waals surface area contributed by atoms with Gasteiger partial charge in [0.1, 0.15) is 5.75 Å². The minimum Gasteiger partial charge on any atom is -0.508 e. The number of aromatic hydroxyl groups is 1. The fraction of sp³-hybridized carbons (Fsp3) is 0.533. The quantitative estimate of drug-likeness (QED) is 0.872. The highest BCUT2D eigenvalue weighted by molar-refractivity contribution is 5.79. The number of ether oxygens (including phenoxy) is 1. The Balaban J connectivity index is 1.83. The molecule has 1 aromatic carbocycles. The van der Waals surface area contributed by atoms with Crippen molar-refractivity contribution in [3.63, 3.8) is 0 Å². The van der Waals surface area contributed by atoms with E-state index in [-0.39, 0.29) is 23.5 Å². The monoisotopic (exact) mass is 263 g/mol. The molecule has 4 nitrogen and oxygen atoms in total. The lowest BCUT2D eigenvalue weighted by atomic mass is 9.82. The second-order valence-corrected chi connectivity index (χ2v) is 5.51.